The number of benzene rings is 3. The summed E-state index contributed by atoms with van der Waals surface area (Å²) in [5, 5.41) is 0.603. The van der Waals surface area contributed by atoms with Gasteiger partial charge in [0.05, 0.1) is 5.69 Å². The number of imidazole rings is 1. The maximum Gasteiger partial charge on any atom is 0.286 e. The molecule has 176 valence electrons. The summed E-state index contributed by atoms with van der Waals surface area (Å²) in [5.74, 6) is 0.553. The maximum atomic E-state index is 13.8. The van der Waals surface area contributed by atoms with Gasteiger partial charge in [-0.1, -0.05) is 67.9 Å². The molecule has 0 aliphatic carbocycles. The fourth-order valence-electron chi connectivity index (χ4n) is 4.22. The van der Waals surface area contributed by atoms with Crippen LogP contribution in [-0.4, -0.2) is 37.1 Å². The van der Waals surface area contributed by atoms with Gasteiger partial charge >= 0.3 is 0 Å². The van der Waals surface area contributed by atoms with Crippen molar-refractivity contribution in [3.05, 3.63) is 106 Å². The van der Waals surface area contributed by atoms with Crippen LogP contribution in [0.4, 0.5) is 0 Å². The number of hydrogen-bond acceptors (Lipinski definition) is 4. The minimum absolute atomic E-state index is 0.228. The third-order valence-electron chi connectivity index (χ3n) is 6.20. The lowest BCUT2D eigenvalue weighted by molar-refractivity contribution is 0.296. The molecule has 0 amide bonds. The van der Waals surface area contributed by atoms with E-state index in [1.165, 1.54) is 5.56 Å². The minimum Gasteiger partial charge on any atom is -0.300 e. The molecule has 0 saturated carbocycles. The number of aromatic nitrogens is 4. The van der Waals surface area contributed by atoms with Gasteiger partial charge in [-0.25, -0.2) is 9.97 Å². The van der Waals surface area contributed by atoms with Crippen LogP contribution >= 0.6 is 11.6 Å². The van der Waals surface area contributed by atoms with Gasteiger partial charge in [-0.2, -0.15) is 0 Å². The molecule has 2 aromatic heterocycles. The van der Waals surface area contributed by atoms with E-state index in [2.05, 4.69) is 35.9 Å². The third kappa shape index (κ3) is 4.50. The zero-order chi connectivity index (χ0) is 24.4. The Morgan fingerprint density at radius 3 is 2.20 bits per heavy atom. The summed E-state index contributed by atoms with van der Waals surface area (Å²) in [5.41, 5.74) is 4.25. The number of para-hydroxylation sites is 1. The number of nitrogens with zero attached hydrogens (tertiary/aromatic N) is 5. The summed E-state index contributed by atoms with van der Waals surface area (Å²) in [6.45, 7) is 7.20. The first-order valence-electron chi connectivity index (χ1n) is 11.7. The first-order chi connectivity index (χ1) is 17.1. The Morgan fingerprint density at radius 1 is 0.857 bits per heavy atom. The largest absolute Gasteiger partial charge is 0.300 e. The smallest absolute Gasteiger partial charge is 0.286 e. The molecule has 0 spiro atoms. The van der Waals surface area contributed by atoms with Crippen LogP contribution in [0.5, 0.6) is 0 Å². The van der Waals surface area contributed by atoms with Crippen LogP contribution in [0.25, 0.3) is 33.9 Å². The van der Waals surface area contributed by atoms with Crippen LogP contribution in [0, 0.1) is 0 Å². The number of hydrogen-bond donors (Lipinski definition) is 0. The van der Waals surface area contributed by atoms with Crippen molar-refractivity contribution < 1.29 is 0 Å². The molecule has 0 atom stereocenters. The Labute approximate surface area is 209 Å². The summed E-state index contributed by atoms with van der Waals surface area (Å²) in [6.07, 6.45) is 1.65. The lowest BCUT2D eigenvalue weighted by atomic mass is 10.1. The Hall–Kier alpha value is -3.74. The molecule has 6 nitrogen and oxygen atoms in total. The van der Waals surface area contributed by atoms with Gasteiger partial charge in [-0.05, 0) is 55.1 Å². The molecule has 0 unspecified atom stereocenters. The topological polar surface area (TPSA) is 56.0 Å². The molecular formula is C28H26ClN5O. The van der Waals surface area contributed by atoms with E-state index in [1.54, 1.807) is 23.0 Å². The molecule has 0 N–H and O–H groups in total. The summed E-state index contributed by atoms with van der Waals surface area (Å²) >= 11 is 6.12. The molecule has 7 heteroatoms. The highest BCUT2D eigenvalue weighted by molar-refractivity contribution is 6.30. The fourth-order valence-corrected chi connectivity index (χ4v) is 4.34. The molecular weight excluding hydrogens is 458 g/mol. The van der Waals surface area contributed by atoms with E-state index in [9.17, 15) is 4.79 Å². The van der Waals surface area contributed by atoms with E-state index in [0.717, 1.165) is 30.9 Å². The number of halogens is 1. The minimum atomic E-state index is -0.228. The van der Waals surface area contributed by atoms with Crippen LogP contribution < -0.4 is 5.56 Å². The molecule has 2 heterocycles. The van der Waals surface area contributed by atoms with Gasteiger partial charge < -0.3 is 0 Å². The van der Waals surface area contributed by atoms with Crippen molar-refractivity contribution in [2.45, 2.75) is 20.4 Å². The van der Waals surface area contributed by atoms with E-state index in [4.69, 9.17) is 16.6 Å². The summed E-state index contributed by atoms with van der Waals surface area (Å²) in [6, 6.07) is 25.2. The number of rotatable bonds is 7. The summed E-state index contributed by atoms with van der Waals surface area (Å²) in [4.78, 5) is 25.5. The van der Waals surface area contributed by atoms with Gasteiger partial charge in [0.2, 0.25) is 0 Å². The zero-order valence-electron chi connectivity index (χ0n) is 19.7. The predicted molar refractivity (Wildman–Crippen MR) is 142 cm³/mol. The predicted octanol–water partition coefficient (Wildman–Crippen LogP) is 5.73. The van der Waals surface area contributed by atoms with Gasteiger partial charge in [0.1, 0.15) is 12.2 Å². The van der Waals surface area contributed by atoms with Crippen molar-refractivity contribution in [3.63, 3.8) is 0 Å². The highest BCUT2D eigenvalue weighted by atomic mass is 35.5. The van der Waals surface area contributed by atoms with Gasteiger partial charge in [0.15, 0.2) is 11.2 Å². The molecule has 35 heavy (non-hydrogen) atoms. The molecule has 5 aromatic rings. The molecule has 0 aliphatic rings. The Balaban J connectivity index is 1.70. The fraction of sp³-hybridized carbons (Fsp3) is 0.179. The lowest BCUT2D eigenvalue weighted by Crippen LogP contribution is -2.23. The van der Waals surface area contributed by atoms with E-state index in [-0.39, 0.29) is 5.56 Å². The van der Waals surface area contributed by atoms with Crippen molar-refractivity contribution in [1.29, 1.82) is 0 Å². The second-order valence-electron chi connectivity index (χ2n) is 8.33. The van der Waals surface area contributed by atoms with Crippen molar-refractivity contribution >= 4 is 22.8 Å². The Kier molecular flexibility index (Phi) is 6.49. The lowest BCUT2D eigenvalue weighted by Gasteiger charge is -2.18. The highest BCUT2D eigenvalue weighted by Crippen LogP contribution is 2.25. The second-order valence-corrected chi connectivity index (χ2v) is 8.77. The highest BCUT2D eigenvalue weighted by Gasteiger charge is 2.19. The zero-order valence-corrected chi connectivity index (χ0v) is 20.5. The Bertz CT molecular complexity index is 1500. The van der Waals surface area contributed by atoms with Crippen LogP contribution in [0.2, 0.25) is 5.02 Å². The van der Waals surface area contributed by atoms with Gasteiger partial charge in [0, 0.05) is 22.8 Å². The van der Waals surface area contributed by atoms with Crippen molar-refractivity contribution in [2.75, 3.05) is 13.1 Å². The van der Waals surface area contributed by atoms with E-state index >= 15 is 0 Å². The Morgan fingerprint density at radius 2 is 1.54 bits per heavy atom. The molecule has 0 bridgehead atoms. The molecule has 0 fully saturated rings. The summed E-state index contributed by atoms with van der Waals surface area (Å²) < 4.78 is 3.46. The van der Waals surface area contributed by atoms with E-state index in [0.29, 0.717) is 27.7 Å². The van der Waals surface area contributed by atoms with Crippen LogP contribution in [0.1, 0.15) is 19.4 Å². The normalized spacial score (nSPS) is 11.4. The maximum absolute atomic E-state index is 13.8. The van der Waals surface area contributed by atoms with Crippen molar-refractivity contribution in [1.82, 2.24) is 24.0 Å². The second kappa shape index (κ2) is 9.86. The molecule has 5 rings (SSSR count). The van der Waals surface area contributed by atoms with Crippen LogP contribution in [-0.2, 0) is 6.54 Å². The molecule has 0 aliphatic heterocycles. The standard InChI is InChI=1S/C28H26ClN5O/c1-3-32(4-2)18-20-10-12-21(13-11-20)26-31-27-25(30-19-33(27)23-8-6-5-7-9-23)28(35)34(26)24-16-14-22(29)15-17-24/h5-17,19H,3-4,18H2,1-2H3. The monoisotopic (exact) mass is 483 g/mol. The SMILES string of the molecule is CCN(CC)Cc1ccc(-c2nc3c(ncn3-c3ccccc3)c(=O)n2-c2ccc(Cl)cc2)cc1. The first-order valence-corrected chi connectivity index (χ1v) is 12.1. The van der Waals surface area contributed by atoms with Gasteiger partial charge in [-0.15, -0.1) is 0 Å². The van der Waals surface area contributed by atoms with Crippen molar-refractivity contribution in [2.24, 2.45) is 0 Å². The molecule has 3 aromatic carbocycles. The molecule has 0 saturated heterocycles. The third-order valence-corrected chi connectivity index (χ3v) is 6.46. The summed E-state index contributed by atoms with van der Waals surface area (Å²) in [7, 11) is 0. The average molecular weight is 484 g/mol. The van der Waals surface area contributed by atoms with Gasteiger partial charge in [0.25, 0.3) is 5.56 Å². The number of fused-ring (bicyclic) bond motifs is 1. The van der Waals surface area contributed by atoms with E-state index in [1.807, 2.05) is 59.2 Å². The van der Waals surface area contributed by atoms with Crippen LogP contribution in [0.3, 0.4) is 0 Å². The quantitative estimate of drug-likeness (QED) is 0.296. The average Bonchev–Trinajstić information content (AvgIpc) is 3.33. The molecule has 0 radical (unpaired) electrons. The van der Waals surface area contributed by atoms with Crippen molar-refractivity contribution in [3.8, 4) is 22.8 Å². The van der Waals surface area contributed by atoms with Crippen LogP contribution in [0.15, 0.2) is 90.0 Å². The first kappa shape index (κ1) is 23.0. The van der Waals surface area contributed by atoms with E-state index < -0.39 is 0 Å². The van der Waals surface area contributed by atoms with Gasteiger partial charge in [-0.3, -0.25) is 18.8 Å².